The molecule has 0 aliphatic heterocycles. The first-order chi connectivity index (χ1) is 11.4. The van der Waals surface area contributed by atoms with Crippen LogP contribution in [-0.2, 0) is 4.79 Å². The lowest BCUT2D eigenvalue weighted by molar-refractivity contribution is -0.125. The van der Waals surface area contributed by atoms with Gasteiger partial charge in [-0.05, 0) is 36.8 Å². The predicted molar refractivity (Wildman–Crippen MR) is 95.0 cm³/mol. The highest BCUT2D eigenvalue weighted by Gasteiger charge is 2.14. The number of rotatable bonds is 5. The highest BCUT2D eigenvalue weighted by Crippen LogP contribution is 2.24. The van der Waals surface area contributed by atoms with E-state index in [2.05, 4.69) is 5.32 Å². The van der Waals surface area contributed by atoms with Gasteiger partial charge in [-0.15, -0.1) is 11.8 Å². The summed E-state index contributed by atoms with van der Waals surface area (Å²) in [6, 6.07) is 11.6. The third kappa shape index (κ3) is 4.58. The number of nitrogens with zero attached hydrogens (tertiary/aromatic N) is 1. The number of benzene rings is 2. The third-order valence-electron chi connectivity index (χ3n) is 3.41. The molecule has 0 radical (unpaired) electrons. The Kier molecular flexibility index (Phi) is 5.98. The Labute approximate surface area is 145 Å². The second-order valence-corrected chi connectivity index (χ2v) is 6.51. The fourth-order valence-corrected chi connectivity index (χ4v) is 2.95. The van der Waals surface area contributed by atoms with Crippen LogP contribution >= 0.6 is 11.8 Å². The molecule has 0 aliphatic carbocycles. The van der Waals surface area contributed by atoms with Gasteiger partial charge in [-0.25, -0.2) is 4.39 Å². The van der Waals surface area contributed by atoms with E-state index in [1.807, 2.05) is 6.07 Å². The Morgan fingerprint density at radius 1 is 1.17 bits per heavy atom. The number of hydrogen-bond donors (Lipinski definition) is 1. The molecule has 2 aromatic carbocycles. The van der Waals surface area contributed by atoms with Crippen LogP contribution in [0.3, 0.4) is 0 Å². The molecule has 6 heteroatoms. The normalized spacial score (nSPS) is 10.3. The largest absolute Gasteiger partial charge is 0.348 e. The molecule has 1 N–H and O–H groups in total. The molecule has 126 valence electrons. The molecule has 0 aromatic heterocycles. The number of carbonyl (C=O) groups excluding carboxylic acids is 2. The van der Waals surface area contributed by atoms with Gasteiger partial charge in [0, 0.05) is 24.7 Å². The summed E-state index contributed by atoms with van der Waals surface area (Å²) in [7, 11) is 3.38. The van der Waals surface area contributed by atoms with Crippen molar-refractivity contribution in [3.05, 3.63) is 59.4 Å². The minimum absolute atomic E-state index is 0.0317. The minimum atomic E-state index is -0.368. The van der Waals surface area contributed by atoms with Gasteiger partial charge in [0.15, 0.2) is 0 Å². The number of halogens is 1. The number of aryl methyl sites for hydroxylation is 1. The molecule has 0 saturated carbocycles. The van der Waals surface area contributed by atoms with Gasteiger partial charge in [0.2, 0.25) is 5.91 Å². The van der Waals surface area contributed by atoms with Crippen molar-refractivity contribution in [2.45, 2.75) is 11.8 Å². The number of nitrogens with one attached hydrogen (secondary N) is 1. The lowest BCUT2D eigenvalue weighted by Gasteiger charge is -2.12. The van der Waals surface area contributed by atoms with Crippen LogP contribution in [0.2, 0.25) is 0 Å². The SMILES string of the molecule is Cc1ccc(NC(=O)c2ccccc2SCC(=O)N(C)C)cc1F. The van der Waals surface area contributed by atoms with Crippen molar-refractivity contribution < 1.29 is 14.0 Å². The van der Waals surface area contributed by atoms with Gasteiger partial charge in [-0.3, -0.25) is 9.59 Å². The van der Waals surface area contributed by atoms with Crippen molar-refractivity contribution in [1.29, 1.82) is 0 Å². The zero-order valence-corrected chi connectivity index (χ0v) is 14.6. The van der Waals surface area contributed by atoms with E-state index in [9.17, 15) is 14.0 Å². The topological polar surface area (TPSA) is 49.4 Å². The van der Waals surface area contributed by atoms with Crippen molar-refractivity contribution in [2.24, 2.45) is 0 Å². The quantitative estimate of drug-likeness (QED) is 0.842. The van der Waals surface area contributed by atoms with Crippen LogP contribution in [0.4, 0.5) is 10.1 Å². The van der Waals surface area contributed by atoms with Gasteiger partial charge >= 0.3 is 0 Å². The van der Waals surface area contributed by atoms with Gasteiger partial charge in [-0.2, -0.15) is 0 Å². The predicted octanol–water partition coefficient (Wildman–Crippen LogP) is 3.57. The molecule has 24 heavy (non-hydrogen) atoms. The molecule has 0 spiro atoms. The summed E-state index contributed by atoms with van der Waals surface area (Å²) in [6.07, 6.45) is 0. The van der Waals surface area contributed by atoms with Crippen molar-refractivity contribution in [3.63, 3.8) is 0 Å². The van der Waals surface area contributed by atoms with E-state index in [-0.39, 0.29) is 23.4 Å². The second kappa shape index (κ2) is 7.97. The fourth-order valence-electron chi connectivity index (χ4n) is 1.92. The van der Waals surface area contributed by atoms with E-state index < -0.39 is 0 Å². The molecule has 0 heterocycles. The number of hydrogen-bond acceptors (Lipinski definition) is 3. The van der Waals surface area contributed by atoms with E-state index in [0.717, 1.165) is 0 Å². The molecule has 0 bridgehead atoms. The maximum atomic E-state index is 13.6. The van der Waals surface area contributed by atoms with E-state index in [0.29, 0.717) is 21.7 Å². The molecule has 0 aliphatic rings. The molecule has 4 nitrogen and oxygen atoms in total. The summed E-state index contributed by atoms with van der Waals surface area (Å²) >= 11 is 1.30. The first-order valence-corrected chi connectivity index (χ1v) is 8.36. The molecule has 2 rings (SSSR count). The second-order valence-electron chi connectivity index (χ2n) is 5.49. The van der Waals surface area contributed by atoms with Crippen LogP contribution in [0.5, 0.6) is 0 Å². The molecule has 2 aromatic rings. The Bertz CT molecular complexity index is 762. The van der Waals surface area contributed by atoms with E-state index in [1.165, 1.54) is 22.7 Å². The van der Waals surface area contributed by atoms with Crippen molar-refractivity contribution in [3.8, 4) is 0 Å². The number of anilines is 1. The lowest BCUT2D eigenvalue weighted by atomic mass is 10.2. The van der Waals surface area contributed by atoms with E-state index in [4.69, 9.17) is 0 Å². The number of carbonyl (C=O) groups is 2. The van der Waals surface area contributed by atoms with Gasteiger partial charge in [0.05, 0.1) is 11.3 Å². The summed E-state index contributed by atoms with van der Waals surface area (Å²) in [5.74, 6) is -0.488. The van der Waals surface area contributed by atoms with Crippen LogP contribution in [0, 0.1) is 12.7 Å². The lowest BCUT2D eigenvalue weighted by Crippen LogP contribution is -2.23. The maximum Gasteiger partial charge on any atom is 0.256 e. The first-order valence-electron chi connectivity index (χ1n) is 7.38. The average Bonchev–Trinajstić information content (AvgIpc) is 2.56. The van der Waals surface area contributed by atoms with Gasteiger partial charge < -0.3 is 10.2 Å². The molecular formula is C18H19FN2O2S. The standard InChI is InChI=1S/C18H19FN2O2S/c1-12-8-9-13(10-15(12)19)20-18(23)14-6-4-5-7-16(14)24-11-17(22)21(2)3/h4-10H,11H2,1-3H3,(H,20,23). The molecular weight excluding hydrogens is 327 g/mol. The van der Waals surface area contributed by atoms with Crippen molar-refractivity contribution in [1.82, 2.24) is 4.90 Å². The Morgan fingerprint density at radius 3 is 2.54 bits per heavy atom. The van der Waals surface area contributed by atoms with Crippen LogP contribution in [-0.4, -0.2) is 36.6 Å². The van der Waals surface area contributed by atoms with Crippen LogP contribution in [0.1, 0.15) is 15.9 Å². The van der Waals surface area contributed by atoms with Gasteiger partial charge in [0.1, 0.15) is 5.82 Å². The summed E-state index contributed by atoms with van der Waals surface area (Å²) in [4.78, 5) is 26.4. The first kappa shape index (κ1) is 18.0. The molecule has 0 saturated heterocycles. The molecule has 2 amide bonds. The van der Waals surface area contributed by atoms with Gasteiger partial charge in [-0.1, -0.05) is 18.2 Å². The smallest absolute Gasteiger partial charge is 0.256 e. The number of thioether (sulfide) groups is 1. The Balaban J connectivity index is 2.14. The molecule has 0 fully saturated rings. The van der Waals surface area contributed by atoms with Gasteiger partial charge in [0.25, 0.3) is 5.91 Å². The van der Waals surface area contributed by atoms with Crippen LogP contribution in [0.25, 0.3) is 0 Å². The monoisotopic (exact) mass is 346 g/mol. The average molecular weight is 346 g/mol. The number of amides is 2. The molecule has 0 unspecified atom stereocenters. The zero-order valence-electron chi connectivity index (χ0n) is 13.8. The highest BCUT2D eigenvalue weighted by molar-refractivity contribution is 8.00. The third-order valence-corrected chi connectivity index (χ3v) is 4.47. The zero-order chi connectivity index (χ0) is 17.7. The minimum Gasteiger partial charge on any atom is -0.348 e. The molecule has 0 atom stereocenters. The van der Waals surface area contributed by atoms with E-state index in [1.54, 1.807) is 51.4 Å². The van der Waals surface area contributed by atoms with Crippen LogP contribution < -0.4 is 5.32 Å². The van der Waals surface area contributed by atoms with Crippen molar-refractivity contribution >= 4 is 29.3 Å². The summed E-state index contributed by atoms with van der Waals surface area (Å²) in [5.41, 5.74) is 1.37. The van der Waals surface area contributed by atoms with E-state index >= 15 is 0 Å². The summed E-state index contributed by atoms with van der Waals surface area (Å²) in [6.45, 7) is 1.66. The summed E-state index contributed by atoms with van der Waals surface area (Å²) in [5, 5.41) is 2.69. The summed E-state index contributed by atoms with van der Waals surface area (Å²) < 4.78 is 13.6. The van der Waals surface area contributed by atoms with Crippen LogP contribution in [0.15, 0.2) is 47.4 Å². The Hall–Kier alpha value is -2.34. The maximum absolute atomic E-state index is 13.6. The van der Waals surface area contributed by atoms with Crippen molar-refractivity contribution in [2.75, 3.05) is 25.2 Å². The fraction of sp³-hybridized carbons (Fsp3) is 0.222. The highest BCUT2D eigenvalue weighted by atomic mass is 32.2. The Morgan fingerprint density at radius 2 is 1.88 bits per heavy atom.